The van der Waals surface area contributed by atoms with Gasteiger partial charge in [-0.25, -0.2) is 4.79 Å². The molecule has 3 nitrogen and oxygen atoms in total. The molecule has 0 bridgehead atoms. The van der Waals surface area contributed by atoms with E-state index in [1.54, 1.807) is 11.9 Å². The van der Waals surface area contributed by atoms with Crippen LogP contribution in [0.25, 0.3) is 0 Å². The summed E-state index contributed by atoms with van der Waals surface area (Å²) < 4.78 is 0. The van der Waals surface area contributed by atoms with Crippen LogP contribution in [0.5, 0.6) is 0 Å². The highest BCUT2D eigenvalue weighted by atomic mass is 32.1. The number of rotatable bonds is 1. The lowest BCUT2D eigenvalue weighted by molar-refractivity contribution is 0.203. The van der Waals surface area contributed by atoms with E-state index in [1.165, 1.54) is 4.90 Å². The third kappa shape index (κ3) is 0.988. The third-order valence-electron chi connectivity index (χ3n) is 1.64. The van der Waals surface area contributed by atoms with Gasteiger partial charge in [-0.15, -0.1) is 0 Å². The Labute approximate surface area is 65.6 Å². The van der Waals surface area contributed by atoms with Crippen LogP contribution in [0, 0.1) is 0 Å². The summed E-state index contributed by atoms with van der Waals surface area (Å²) in [5.41, 5.74) is 0. The first-order valence-electron chi connectivity index (χ1n) is 3.22. The molecule has 1 heterocycles. The molecule has 1 fully saturated rings. The van der Waals surface area contributed by atoms with Crippen LogP contribution in [0.15, 0.2) is 0 Å². The minimum absolute atomic E-state index is 0.0208. The van der Waals surface area contributed by atoms with Crippen LogP contribution in [0.4, 0.5) is 4.79 Å². The first kappa shape index (κ1) is 7.47. The molecule has 1 saturated heterocycles. The summed E-state index contributed by atoms with van der Waals surface area (Å²) in [5.74, 6) is 0. The molecule has 0 aliphatic carbocycles. The van der Waals surface area contributed by atoms with Crippen LogP contribution in [-0.4, -0.2) is 41.0 Å². The molecule has 0 unspecified atom stereocenters. The van der Waals surface area contributed by atoms with Gasteiger partial charge in [0.1, 0.15) is 4.99 Å². The van der Waals surface area contributed by atoms with Gasteiger partial charge >= 0.3 is 6.03 Å². The van der Waals surface area contributed by atoms with Crippen LogP contribution >= 0.6 is 12.2 Å². The standard InChI is InChI=1S/C6H10N2OS/c1-3-8-4-5(10)7(2)6(8)9/h3-4H2,1-2H3. The lowest BCUT2D eigenvalue weighted by atomic mass is 10.6. The Morgan fingerprint density at radius 2 is 2.30 bits per heavy atom. The van der Waals surface area contributed by atoms with Gasteiger partial charge in [0.25, 0.3) is 0 Å². The monoisotopic (exact) mass is 158 g/mol. The number of urea groups is 1. The maximum absolute atomic E-state index is 11.1. The van der Waals surface area contributed by atoms with Crippen molar-refractivity contribution in [1.29, 1.82) is 0 Å². The average molecular weight is 158 g/mol. The van der Waals surface area contributed by atoms with Crippen molar-refractivity contribution in [2.24, 2.45) is 0 Å². The summed E-state index contributed by atoms with van der Waals surface area (Å²) in [6.45, 7) is 3.30. The molecular weight excluding hydrogens is 148 g/mol. The highest BCUT2D eigenvalue weighted by Gasteiger charge is 2.28. The second kappa shape index (κ2) is 2.54. The molecule has 56 valence electrons. The fourth-order valence-electron chi connectivity index (χ4n) is 0.903. The number of hydrogen-bond acceptors (Lipinski definition) is 2. The van der Waals surface area contributed by atoms with Crippen LogP contribution in [0.2, 0.25) is 0 Å². The lowest BCUT2D eigenvalue weighted by Crippen LogP contribution is -2.29. The van der Waals surface area contributed by atoms with Crippen molar-refractivity contribution >= 4 is 23.2 Å². The predicted octanol–water partition coefficient (Wildman–Crippen LogP) is 0.701. The number of nitrogens with zero attached hydrogens (tertiary/aromatic N) is 2. The summed E-state index contributed by atoms with van der Waals surface area (Å²) in [7, 11) is 1.71. The number of carbonyl (C=O) groups excluding carboxylic acids is 1. The van der Waals surface area contributed by atoms with E-state index in [9.17, 15) is 4.79 Å². The van der Waals surface area contributed by atoms with Gasteiger partial charge in [-0.05, 0) is 6.92 Å². The molecule has 4 heteroatoms. The van der Waals surface area contributed by atoms with Gasteiger partial charge in [-0.1, -0.05) is 12.2 Å². The van der Waals surface area contributed by atoms with Crippen LogP contribution < -0.4 is 0 Å². The predicted molar refractivity (Wildman–Crippen MR) is 43.0 cm³/mol. The Kier molecular flexibility index (Phi) is 1.89. The molecule has 1 aliphatic rings. The summed E-state index contributed by atoms with van der Waals surface area (Å²) in [5, 5.41) is 0. The number of amides is 2. The zero-order valence-corrected chi connectivity index (χ0v) is 6.94. The maximum Gasteiger partial charge on any atom is 0.325 e. The SMILES string of the molecule is CCN1CC(=S)N(C)C1=O. The van der Waals surface area contributed by atoms with E-state index in [4.69, 9.17) is 12.2 Å². The molecule has 2 amide bonds. The Hall–Kier alpha value is -0.640. The molecule has 0 radical (unpaired) electrons. The largest absolute Gasteiger partial charge is 0.325 e. The van der Waals surface area contributed by atoms with Crippen LogP contribution in [0.3, 0.4) is 0 Å². The van der Waals surface area contributed by atoms with E-state index in [2.05, 4.69) is 0 Å². The van der Waals surface area contributed by atoms with Gasteiger partial charge in [-0.3, -0.25) is 4.90 Å². The summed E-state index contributed by atoms with van der Waals surface area (Å²) in [6, 6.07) is 0.0208. The Morgan fingerprint density at radius 1 is 1.70 bits per heavy atom. The third-order valence-corrected chi connectivity index (χ3v) is 2.04. The maximum atomic E-state index is 11.1. The molecule has 0 saturated carbocycles. The number of thiocarbonyl (C=S) groups is 1. The first-order chi connectivity index (χ1) is 4.66. The van der Waals surface area contributed by atoms with Gasteiger partial charge in [0.15, 0.2) is 0 Å². The fourth-order valence-corrected chi connectivity index (χ4v) is 1.14. The second-order valence-electron chi connectivity index (χ2n) is 2.25. The Bertz CT molecular complexity index is 181. The molecule has 0 spiro atoms. The van der Waals surface area contributed by atoms with Gasteiger partial charge in [0.2, 0.25) is 0 Å². The topological polar surface area (TPSA) is 23.6 Å². The normalized spacial score (nSPS) is 19.0. The molecule has 0 aromatic heterocycles. The van der Waals surface area contributed by atoms with Crippen molar-refractivity contribution in [3.8, 4) is 0 Å². The van der Waals surface area contributed by atoms with E-state index >= 15 is 0 Å². The number of likely N-dealkylation sites (N-methyl/N-ethyl adjacent to an activating group) is 2. The van der Waals surface area contributed by atoms with E-state index in [0.29, 0.717) is 11.5 Å². The second-order valence-corrected chi connectivity index (χ2v) is 2.72. The van der Waals surface area contributed by atoms with Crippen molar-refractivity contribution in [1.82, 2.24) is 9.80 Å². The molecule has 0 atom stereocenters. The minimum atomic E-state index is 0.0208. The van der Waals surface area contributed by atoms with Crippen molar-refractivity contribution in [2.45, 2.75) is 6.92 Å². The fraction of sp³-hybridized carbons (Fsp3) is 0.667. The van der Waals surface area contributed by atoms with E-state index in [0.717, 1.165) is 6.54 Å². The highest BCUT2D eigenvalue weighted by molar-refractivity contribution is 7.80. The van der Waals surface area contributed by atoms with Gasteiger partial charge in [0.05, 0.1) is 6.54 Å². The molecule has 0 aromatic carbocycles. The summed E-state index contributed by atoms with van der Waals surface area (Å²) in [4.78, 5) is 15.0. The molecule has 10 heavy (non-hydrogen) atoms. The van der Waals surface area contributed by atoms with Crippen molar-refractivity contribution < 1.29 is 4.79 Å². The first-order valence-corrected chi connectivity index (χ1v) is 3.63. The quantitative estimate of drug-likeness (QED) is 0.524. The molecule has 0 N–H and O–H groups in total. The molecular formula is C6H10N2OS. The average Bonchev–Trinajstić information content (AvgIpc) is 2.17. The summed E-state index contributed by atoms with van der Waals surface area (Å²) >= 11 is 4.93. The number of hydrogen-bond donors (Lipinski definition) is 0. The number of carbonyl (C=O) groups is 1. The zero-order valence-electron chi connectivity index (χ0n) is 6.13. The van der Waals surface area contributed by atoms with E-state index < -0.39 is 0 Å². The van der Waals surface area contributed by atoms with Gasteiger partial charge < -0.3 is 4.90 Å². The molecule has 0 aromatic rings. The zero-order chi connectivity index (χ0) is 7.72. The molecule has 1 rings (SSSR count). The molecule has 1 aliphatic heterocycles. The minimum Gasteiger partial charge on any atom is -0.318 e. The lowest BCUT2D eigenvalue weighted by Gasteiger charge is -2.10. The van der Waals surface area contributed by atoms with Crippen LogP contribution in [0.1, 0.15) is 6.92 Å². The summed E-state index contributed by atoms with van der Waals surface area (Å²) in [6.07, 6.45) is 0. The van der Waals surface area contributed by atoms with Crippen molar-refractivity contribution in [2.75, 3.05) is 20.1 Å². The Morgan fingerprint density at radius 3 is 2.50 bits per heavy atom. The van der Waals surface area contributed by atoms with E-state index in [1.807, 2.05) is 6.92 Å². The van der Waals surface area contributed by atoms with Gasteiger partial charge in [-0.2, -0.15) is 0 Å². The van der Waals surface area contributed by atoms with Crippen LogP contribution in [-0.2, 0) is 0 Å². The van der Waals surface area contributed by atoms with Gasteiger partial charge in [0, 0.05) is 13.6 Å². The van der Waals surface area contributed by atoms with E-state index in [-0.39, 0.29) is 6.03 Å². The van der Waals surface area contributed by atoms with Crippen molar-refractivity contribution in [3.05, 3.63) is 0 Å². The van der Waals surface area contributed by atoms with Crippen molar-refractivity contribution in [3.63, 3.8) is 0 Å². The Balaban J connectivity index is 2.71. The smallest absolute Gasteiger partial charge is 0.318 e. The highest BCUT2D eigenvalue weighted by Crippen LogP contribution is 2.07.